The smallest absolute Gasteiger partial charge is 0.427 e. The maximum atomic E-state index is 15.2. The summed E-state index contributed by atoms with van der Waals surface area (Å²) >= 11 is 0.377. The second-order valence-electron chi connectivity index (χ2n) is 10.1. The minimum atomic E-state index is -5.43. The Labute approximate surface area is 248 Å². The Balaban J connectivity index is 1.35. The number of rotatable bonds is 9. The van der Waals surface area contributed by atoms with Crippen LogP contribution in [-0.2, 0) is 10.8 Å². The molecule has 0 amide bonds. The van der Waals surface area contributed by atoms with Crippen LogP contribution in [0.5, 0.6) is 11.5 Å². The maximum Gasteiger partial charge on any atom is 0.573 e. The third-order valence-corrected chi connectivity index (χ3v) is 8.02. The van der Waals surface area contributed by atoms with E-state index in [0.29, 0.717) is 35.8 Å². The van der Waals surface area contributed by atoms with E-state index in [1.54, 1.807) is 0 Å². The van der Waals surface area contributed by atoms with Crippen molar-refractivity contribution in [3.63, 3.8) is 0 Å². The van der Waals surface area contributed by atoms with Crippen molar-refractivity contribution in [1.29, 1.82) is 0 Å². The Bertz CT molecular complexity index is 1630. The first-order valence-corrected chi connectivity index (χ1v) is 14.0. The molecule has 3 aromatic carbocycles. The van der Waals surface area contributed by atoms with Gasteiger partial charge in [0.15, 0.2) is 11.6 Å². The van der Waals surface area contributed by atoms with Gasteiger partial charge in [0.2, 0.25) is 10.8 Å². The first-order valence-electron chi connectivity index (χ1n) is 13.2. The van der Waals surface area contributed by atoms with Crippen LogP contribution in [0.3, 0.4) is 0 Å². The van der Waals surface area contributed by atoms with E-state index in [0.717, 1.165) is 19.3 Å². The van der Waals surface area contributed by atoms with E-state index in [1.807, 2.05) is 6.08 Å². The van der Waals surface area contributed by atoms with Crippen LogP contribution in [0, 0.1) is 29.2 Å². The van der Waals surface area contributed by atoms with Gasteiger partial charge in [-0.3, -0.25) is 0 Å². The Hall–Kier alpha value is -3.78. The fourth-order valence-corrected chi connectivity index (χ4v) is 5.83. The van der Waals surface area contributed by atoms with Gasteiger partial charge in [0, 0.05) is 12.1 Å². The normalized spacial score (nSPS) is 17.6. The molecule has 0 aliphatic carbocycles. The summed E-state index contributed by atoms with van der Waals surface area (Å²) < 4.78 is 139. The lowest BCUT2D eigenvalue weighted by Gasteiger charge is -2.29. The average Bonchev–Trinajstić information content (AvgIpc) is 3.38. The molecular weight excluding hydrogens is 625 g/mol. The number of hydrogen-bond donors (Lipinski definition) is 0. The highest BCUT2D eigenvalue weighted by molar-refractivity contribution is 7.18. The zero-order chi connectivity index (χ0) is 31.8. The van der Waals surface area contributed by atoms with E-state index in [4.69, 9.17) is 4.74 Å². The van der Waals surface area contributed by atoms with Gasteiger partial charge in [-0.25, -0.2) is 22.5 Å². The lowest BCUT2D eigenvalue weighted by molar-refractivity contribution is -0.276. The number of alkyl halides is 5. The number of thiazole rings is 1. The highest BCUT2D eigenvalue weighted by atomic mass is 32.1. The lowest BCUT2D eigenvalue weighted by atomic mass is 9.91. The molecule has 2 unspecified atom stereocenters. The molecule has 0 radical (unpaired) electrons. The number of allylic oxidation sites excluding steroid dienone is 1. The average molecular weight is 648 g/mol. The molecule has 0 saturated carbocycles. The van der Waals surface area contributed by atoms with Gasteiger partial charge in [-0.05, 0) is 67.0 Å². The van der Waals surface area contributed by atoms with Gasteiger partial charge in [-0.2, -0.15) is 8.78 Å². The minimum absolute atomic E-state index is 0.00219. The van der Waals surface area contributed by atoms with E-state index >= 15 is 8.78 Å². The van der Waals surface area contributed by atoms with Crippen molar-refractivity contribution in [2.75, 3.05) is 6.61 Å². The number of halogens is 9. The van der Waals surface area contributed by atoms with Crippen LogP contribution in [0.1, 0.15) is 42.4 Å². The summed E-state index contributed by atoms with van der Waals surface area (Å²) in [6.45, 7) is 4.16. The Kier molecular flexibility index (Phi) is 8.85. The summed E-state index contributed by atoms with van der Waals surface area (Å²) in [5.41, 5.74) is -0.00516. The number of fused-ring (bicyclic) bond motifs is 1. The van der Waals surface area contributed by atoms with Gasteiger partial charge < -0.3 is 14.2 Å². The summed E-state index contributed by atoms with van der Waals surface area (Å²) in [5, 5.41) is -0.988. The van der Waals surface area contributed by atoms with Crippen molar-refractivity contribution in [3.05, 3.63) is 89.0 Å². The molecule has 0 N–H and O–H groups in total. The van der Waals surface area contributed by atoms with Crippen molar-refractivity contribution in [3.8, 4) is 22.6 Å². The van der Waals surface area contributed by atoms with E-state index in [2.05, 4.69) is 21.0 Å². The molecule has 1 saturated heterocycles. The van der Waals surface area contributed by atoms with E-state index < -0.39 is 58.4 Å². The standard InChI is InChI=1S/C30H22F9NO3S/c1-2-3-4-15-5-8-24(41-14-15)17-9-19(31)26(20(32)10-17)16-6-7-23-25(11-16)44-28(40-23)29(35,36)42-18-12-21(33)27(22(34)13-18)43-30(37,38)39/h2,6-7,9-13,15,24H,1,3-5,8,14H2. The monoisotopic (exact) mass is 647 g/mol. The fraction of sp³-hybridized carbons (Fsp3) is 0.300. The molecule has 5 rings (SSSR count). The maximum absolute atomic E-state index is 15.2. The highest BCUT2D eigenvalue weighted by Crippen LogP contribution is 2.41. The molecule has 44 heavy (non-hydrogen) atoms. The number of hydrogen-bond acceptors (Lipinski definition) is 5. The van der Waals surface area contributed by atoms with Crippen molar-refractivity contribution in [2.45, 2.75) is 44.3 Å². The minimum Gasteiger partial charge on any atom is -0.427 e. The fourth-order valence-electron chi connectivity index (χ4n) is 4.91. The van der Waals surface area contributed by atoms with Crippen molar-refractivity contribution in [2.24, 2.45) is 5.92 Å². The molecule has 0 spiro atoms. The summed E-state index contributed by atoms with van der Waals surface area (Å²) in [4.78, 5) is 3.74. The number of nitrogens with zero attached hydrogens (tertiary/aromatic N) is 1. The molecule has 1 fully saturated rings. The molecule has 2 heterocycles. The zero-order valence-corrected chi connectivity index (χ0v) is 23.3. The molecule has 234 valence electrons. The van der Waals surface area contributed by atoms with Crippen molar-refractivity contribution < 1.29 is 53.7 Å². The number of aromatic nitrogens is 1. The molecule has 0 bridgehead atoms. The molecule has 1 aromatic heterocycles. The van der Waals surface area contributed by atoms with E-state index in [9.17, 15) is 30.7 Å². The molecule has 4 aromatic rings. The Morgan fingerprint density at radius 2 is 1.59 bits per heavy atom. The quantitative estimate of drug-likeness (QED) is 0.134. The van der Waals surface area contributed by atoms with Gasteiger partial charge in [0.25, 0.3) is 0 Å². The van der Waals surface area contributed by atoms with Gasteiger partial charge in [-0.1, -0.05) is 12.1 Å². The van der Waals surface area contributed by atoms with Crippen LogP contribution < -0.4 is 9.47 Å². The van der Waals surface area contributed by atoms with Gasteiger partial charge in [0.05, 0.1) is 28.5 Å². The molecule has 4 nitrogen and oxygen atoms in total. The Morgan fingerprint density at radius 3 is 2.18 bits per heavy atom. The third-order valence-electron chi connectivity index (χ3n) is 6.95. The molecule has 1 aliphatic rings. The number of benzene rings is 3. The van der Waals surface area contributed by atoms with Crippen LogP contribution in [0.2, 0.25) is 0 Å². The van der Waals surface area contributed by atoms with Crippen LogP contribution in [0.15, 0.2) is 55.1 Å². The molecule has 2 atom stereocenters. The molecule has 14 heteroatoms. The van der Waals surface area contributed by atoms with Crippen LogP contribution in [-0.4, -0.2) is 18.0 Å². The van der Waals surface area contributed by atoms with Crippen LogP contribution >= 0.6 is 11.3 Å². The highest BCUT2D eigenvalue weighted by Gasteiger charge is 2.40. The van der Waals surface area contributed by atoms with Gasteiger partial charge in [0.1, 0.15) is 17.4 Å². The topological polar surface area (TPSA) is 40.6 Å². The first kappa shape index (κ1) is 31.6. The largest absolute Gasteiger partial charge is 0.573 e. The van der Waals surface area contributed by atoms with E-state index in [-0.39, 0.29) is 33.5 Å². The lowest BCUT2D eigenvalue weighted by Crippen LogP contribution is -2.22. The second-order valence-corrected chi connectivity index (χ2v) is 11.1. The first-order chi connectivity index (χ1) is 20.7. The summed E-state index contributed by atoms with van der Waals surface area (Å²) in [6, 6.07) is 6.34. The van der Waals surface area contributed by atoms with Crippen molar-refractivity contribution in [1.82, 2.24) is 4.98 Å². The third kappa shape index (κ3) is 6.96. The van der Waals surface area contributed by atoms with Gasteiger partial charge in [-0.15, -0.1) is 31.1 Å². The van der Waals surface area contributed by atoms with E-state index in [1.165, 1.54) is 30.3 Å². The second kappa shape index (κ2) is 12.3. The summed E-state index contributed by atoms with van der Waals surface area (Å²) in [5.74, 6) is -8.26. The van der Waals surface area contributed by atoms with Crippen molar-refractivity contribution >= 4 is 21.6 Å². The molecule has 1 aliphatic heterocycles. The predicted octanol–water partition coefficient (Wildman–Crippen LogP) is 9.98. The summed E-state index contributed by atoms with van der Waals surface area (Å²) in [7, 11) is 0. The van der Waals surface area contributed by atoms with Gasteiger partial charge >= 0.3 is 12.5 Å². The van der Waals surface area contributed by atoms with Crippen LogP contribution in [0.25, 0.3) is 21.3 Å². The SMILES string of the molecule is C=CCCC1CCC(c2cc(F)c(-c3ccc4nc(C(F)(F)Oc5cc(F)c(OC(F)(F)F)c(F)c5)sc4c3)c(F)c2)OC1. The Morgan fingerprint density at radius 1 is 0.909 bits per heavy atom. The molecular formula is C30H22F9NO3S. The number of ether oxygens (including phenoxy) is 3. The van der Waals surface area contributed by atoms with Crippen LogP contribution in [0.4, 0.5) is 39.5 Å². The predicted molar refractivity (Wildman–Crippen MR) is 143 cm³/mol. The summed E-state index contributed by atoms with van der Waals surface area (Å²) in [6.07, 6.45) is -5.17. The zero-order valence-electron chi connectivity index (χ0n) is 22.5.